The third-order valence-corrected chi connectivity index (χ3v) is 5.78. The average Bonchev–Trinajstić information content (AvgIpc) is 3.36. The molecule has 0 radical (unpaired) electrons. The number of ether oxygens (including phenoxy) is 1. The van der Waals surface area contributed by atoms with E-state index < -0.39 is 5.97 Å². The first-order valence-electron chi connectivity index (χ1n) is 10.1. The molecule has 0 fully saturated rings. The molecule has 1 aliphatic carbocycles. The largest absolute Gasteiger partial charge is 0.487 e. The molecular weight excluding hydrogens is 380 g/mol. The van der Waals surface area contributed by atoms with E-state index in [1.165, 1.54) is 11.3 Å². The first kappa shape index (κ1) is 18.4. The fraction of sp³-hybridized carbons (Fsp3) is 0.261. The van der Waals surface area contributed by atoms with Gasteiger partial charge in [-0.25, -0.2) is 4.68 Å². The van der Waals surface area contributed by atoms with Crippen molar-refractivity contribution in [3.8, 4) is 5.75 Å². The molecule has 1 aliphatic rings. The van der Waals surface area contributed by atoms with Gasteiger partial charge in [0.15, 0.2) is 0 Å². The van der Waals surface area contributed by atoms with E-state index in [-0.39, 0.29) is 12.5 Å². The second kappa shape index (κ2) is 7.67. The fourth-order valence-corrected chi connectivity index (χ4v) is 4.46. The topological polar surface area (TPSA) is 81.6 Å². The van der Waals surface area contributed by atoms with Crippen molar-refractivity contribution in [1.29, 1.82) is 0 Å². The molecule has 0 aliphatic heterocycles. The van der Waals surface area contributed by atoms with Gasteiger partial charge >= 0.3 is 5.97 Å². The monoisotopic (exact) mass is 402 g/mol. The summed E-state index contributed by atoms with van der Waals surface area (Å²) in [4.78, 5) is 11.4. The van der Waals surface area contributed by atoms with Gasteiger partial charge in [0.05, 0.1) is 24.4 Å². The van der Waals surface area contributed by atoms with Crippen molar-refractivity contribution in [2.24, 2.45) is 0 Å². The Labute approximate surface area is 173 Å². The Kier molecular flexibility index (Phi) is 4.71. The number of hydrogen-bond donors (Lipinski definition) is 1. The first-order chi connectivity index (χ1) is 14.7. The molecule has 30 heavy (non-hydrogen) atoms. The van der Waals surface area contributed by atoms with E-state index in [4.69, 9.17) is 4.74 Å². The van der Waals surface area contributed by atoms with Crippen molar-refractivity contribution in [3.05, 3.63) is 83.4 Å². The van der Waals surface area contributed by atoms with Crippen LogP contribution in [0.5, 0.6) is 5.75 Å². The fourth-order valence-electron chi connectivity index (χ4n) is 4.46. The summed E-state index contributed by atoms with van der Waals surface area (Å²) >= 11 is 0. The Morgan fingerprint density at radius 2 is 2.00 bits per heavy atom. The summed E-state index contributed by atoms with van der Waals surface area (Å²) in [6.45, 7) is 0.402. The Morgan fingerprint density at radius 3 is 2.83 bits per heavy atom. The summed E-state index contributed by atoms with van der Waals surface area (Å²) in [5.41, 5.74) is 5.18. The van der Waals surface area contributed by atoms with Crippen LogP contribution in [0.4, 0.5) is 0 Å². The highest BCUT2D eigenvalue weighted by molar-refractivity contribution is 5.76. The van der Waals surface area contributed by atoms with Gasteiger partial charge in [-0.3, -0.25) is 4.79 Å². The number of aromatic nitrogens is 4. The van der Waals surface area contributed by atoms with E-state index >= 15 is 0 Å². The lowest BCUT2D eigenvalue weighted by Gasteiger charge is -2.25. The number of hydrogen-bond acceptors (Lipinski definition) is 4. The van der Waals surface area contributed by atoms with Crippen molar-refractivity contribution < 1.29 is 14.6 Å². The highest BCUT2D eigenvalue weighted by atomic mass is 16.5. The minimum Gasteiger partial charge on any atom is -0.487 e. The number of para-hydroxylation sites is 1. The predicted molar refractivity (Wildman–Crippen MR) is 111 cm³/mol. The third-order valence-electron chi connectivity index (χ3n) is 5.78. The lowest BCUT2D eigenvalue weighted by atomic mass is 9.90. The molecule has 0 bridgehead atoms. The lowest BCUT2D eigenvalue weighted by molar-refractivity contribution is -0.136. The Hall–Kier alpha value is -3.61. The quantitative estimate of drug-likeness (QED) is 0.534. The average molecular weight is 402 g/mol. The molecule has 0 saturated carbocycles. The minimum atomic E-state index is -0.798. The summed E-state index contributed by atoms with van der Waals surface area (Å²) in [7, 11) is 0. The second-order valence-corrected chi connectivity index (χ2v) is 7.60. The van der Waals surface area contributed by atoms with Gasteiger partial charge in [-0.15, -0.1) is 5.10 Å². The van der Waals surface area contributed by atoms with Gasteiger partial charge in [0.25, 0.3) is 0 Å². The number of pyridine rings is 1. The molecule has 3 aromatic heterocycles. The number of carboxylic acid groups (broad SMARTS) is 1. The van der Waals surface area contributed by atoms with Gasteiger partial charge in [0.1, 0.15) is 12.4 Å². The van der Waals surface area contributed by atoms with Gasteiger partial charge in [-0.05, 0) is 48.2 Å². The van der Waals surface area contributed by atoms with Crippen molar-refractivity contribution >= 4 is 11.5 Å². The van der Waals surface area contributed by atoms with Crippen LogP contribution >= 0.6 is 0 Å². The van der Waals surface area contributed by atoms with Crippen molar-refractivity contribution in [2.75, 3.05) is 0 Å². The molecule has 1 aromatic carbocycles. The van der Waals surface area contributed by atoms with Crippen LogP contribution in [0.1, 0.15) is 35.0 Å². The smallest absolute Gasteiger partial charge is 0.307 e. The zero-order valence-electron chi connectivity index (χ0n) is 16.4. The maximum Gasteiger partial charge on any atom is 0.307 e. The van der Waals surface area contributed by atoms with Crippen molar-refractivity contribution in [1.82, 2.24) is 19.4 Å². The molecule has 0 amide bonds. The van der Waals surface area contributed by atoms with E-state index in [1.807, 2.05) is 59.4 Å². The zero-order valence-corrected chi connectivity index (χ0v) is 16.4. The predicted octanol–water partition coefficient (Wildman–Crippen LogP) is 3.47. The number of benzene rings is 1. The first-order valence-corrected chi connectivity index (χ1v) is 10.1. The molecule has 1 atom stereocenters. The van der Waals surface area contributed by atoms with Gasteiger partial charge in [-0.1, -0.05) is 29.5 Å². The molecule has 3 heterocycles. The number of aliphatic carboxylic acids is 1. The van der Waals surface area contributed by atoms with E-state index in [0.717, 1.165) is 41.8 Å². The summed E-state index contributed by atoms with van der Waals surface area (Å²) in [6, 6.07) is 15.8. The second-order valence-electron chi connectivity index (χ2n) is 7.60. The standard InChI is InChI=1S/C23H22N4O3/c28-23(29)13-20-19-10-9-16(12-22(19)26-11-5-4-8-21(20)26)27-17(14-24-25-27)15-30-18-6-2-1-3-7-18/h1-8,11,14,16H,9-10,12-13,15H2,(H,28,29). The molecule has 4 aromatic rings. The van der Waals surface area contributed by atoms with E-state index in [9.17, 15) is 9.90 Å². The summed E-state index contributed by atoms with van der Waals surface area (Å²) in [5, 5.41) is 17.9. The van der Waals surface area contributed by atoms with Crippen LogP contribution in [0.3, 0.4) is 0 Å². The van der Waals surface area contributed by atoms with Crippen LogP contribution in [-0.2, 0) is 30.7 Å². The van der Waals surface area contributed by atoms with Crippen LogP contribution in [0.25, 0.3) is 5.52 Å². The summed E-state index contributed by atoms with van der Waals surface area (Å²) in [5.74, 6) is 0.0139. The van der Waals surface area contributed by atoms with Crippen LogP contribution < -0.4 is 4.74 Å². The molecule has 152 valence electrons. The summed E-state index contributed by atoms with van der Waals surface area (Å²) < 4.78 is 10.00. The zero-order chi connectivity index (χ0) is 20.5. The number of nitrogens with zero attached hydrogens (tertiary/aromatic N) is 4. The van der Waals surface area contributed by atoms with E-state index in [1.54, 1.807) is 6.20 Å². The third kappa shape index (κ3) is 3.32. The van der Waals surface area contributed by atoms with Gasteiger partial charge in [-0.2, -0.15) is 0 Å². The number of rotatable bonds is 6. The van der Waals surface area contributed by atoms with Gasteiger partial charge < -0.3 is 14.2 Å². The Morgan fingerprint density at radius 1 is 1.17 bits per heavy atom. The van der Waals surface area contributed by atoms with Crippen molar-refractivity contribution in [2.45, 2.75) is 38.3 Å². The molecule has 1 N–H and O–H groups in total. The van der Waals surface area contributed by atoms with Crippen molar-refractivity contribution in [3.63, 3.8) is 0 Å². The molecule has 7 heteroatoms. The van der Waals surface area contributed by atoms with Crippen LogP contribution in [0, 0.1) is 0 Å². The number of carboxylic acids is 1. The molecule has 5 rings (SSSR count). The normalized spacial score (nSPS) is 15.8. The van der Waals surface area contributed by atoms with Crippen LogP contribution in [0.2, 0.25) is 0 Å². The lowest BCUT2D eigenvalue weighted by Crippen LogP contribution is -2.23. The number of fused-ring (bicyclic) bond motifs is 3. The molecule has 0 saturated heterocycles. The highest BCUT2D eigenvalue weighted by Gasteiger charge is 2.29. The highest BCUT2D eigenvalue weighted by Crippen LogP contribution is 2.35. The SMILES string of the molecule is O=C(O)Cc1c2c(n3ccccc13)CC(n1nncc1COc1ccccc1)CC2. The van der Waals surface area contributed by atoms with Gasteiger partial charge in [0, 0.05) is 23.8 Å². The molecule has 7 nitrogen and oxygen atoms in total. The van der Waals surface area contributed by atoms with Crippen LogP contribution in [0.15, 0.2) is 60.9 Å². The summed E-state index contributed by atoms with van der Waals surface area (Å²) in [6.07, 6.45) is 6.31. The van der Waals surface area contributed by atoms with E-state index in [2.05, 4.69) is 14.7 Å². The Bertz CT molecular complexity index is 1200. The maximum absolute atomic E-state index is 11.4. The molecule has 1 unspecified atom stereocenters. The maximum atomic E-state index is 11.4. The molecule has 0 spiro atoms. The minimum absolute atomic E-state index is 0.0486. The van der Waals surface area contributed by atoms with Gasteiger partial charge in [0.2, 0.25) is 0 Å². The molecular formula is C23H22N4O3. The Balaban J connectivity index is 1.43. The van der Waals surface area contributed by atoms with Crippen LogP contribution in [-0.4, -0.2) is 30.5 Å². The van der Waals surface area contributed by atoms with E-state index in [0.29, 0.717) is 6.61 Å². The number of carbonyl (C=O) groups is 1.